The van der Waals surface area contributed by atoms with Crippen molar-refractivity contribution in [1.29, 1.82) is 0 Å². The van der Waals surface area contributed by atoms with E-state index < -0.39 is 0 Å². The first kappa shape index (κ1) is 73.5. The molecule has 0 N–H and O–H groups in total. The van der Waals surface area contributed by atoms with Crippen LogP contribution in [-0.2, 0) is 44.9 Å². The minimum atomic E-state index is 1.01. The van der Waals surface area contributed by atoms with Crippen molar-refractivity contribution in [3.05, 3.63) is 430 Å². The molecule has 14 aromatic carbocycles. The SMILES string of the molecule is C=CCCc1ccc(N(c2ccc(C)cc2)c2ccc(C)cc2)cc1.C=Cc1ccc(N(c2ccc(C)cc2)c2ccc(C)cc2)cc1.Cc1ccc(N(c2ccc(C)cc2)c2ccc3c(c2)CC3)cc1.Cc1ccc(N(c2ccc(N(c3ccc(C)cc3)c3ccc4c(c3)CC4)cc2)c2ccc3c(c2)CC3)cc1. The molecule has 0 aromatic heterocycles. The molecule has 5 nitrogen and oxygen atoms in total. The number of rotatable bonds is 19. The van der Waals surface area contributed by atoms with Gasteiger partial charge in [-0.05, 0) is 333 Å². The predicted molar refractivity (Wildman–Crippen MR) is 468 cm³/mol. The number of aryl methyl sites for hydroxylation is 15. The molecule has 0 fully saturated rings. The maximum absolute atomic E-state index is 3.83. The predicted octanol–water partition coefficient (Wildman–Crippen LogP) is 28.6. The van der Waals surface area contributed by atoms with Gasteiger partial charge in [0.05, 0.1) is 0 Å². The molecule has 17 rings (SSSR count). The lowest BCUT2D eigenvalue weighted by molar-refractivity contribution is 0.839. The Bertz CT molecular complexity index is 5110. The summed E-state index contributed by atoms with van der Waals surface area (Å²) in [4.78, 5) is 11.7. The van der Waals surface area contributed by atoms with Gasteiger partial charge in [0.2, 0.25) is 0 Å². The molecule has 0 saturated heterocycles. The summed E-state index contributed by atoms with van der Waals surface area (Å²) >= 11 is 0. The first-order valence-electron chi connectivity index (χ1n) is 38.6. The highest BCUT2D eigenvalue weighted by molar-refractivity contribution is 5.84. The van der Waals surface area contributed by atoms with Crippen LogP contribution in [0.5, 0.6) is 0 Å². The van der Waals surface area contributed by atoms with Gasteiger partial charge in [-0.15, -0.1) is 6.58 Å². The van der Waals surface area contributed by atoms with Crippen LogP contribution in [0.1, 0.15) is 95.4 Å². The molecule has 3 aliphatic carbocycles. The number of hydrogen-bond acceptors (Lipinski definition) is 5. The molecule has 109 heavy (non-hydrogen) atoms. The Kier molecular flexibility index (Phi) is 22.9. The van der Waals surface area contributed by atoms with E-state index in [1.165, 1.54) is 179 Å². The topological polar surface area (TPSA) is 16.2 Å². The lowest BCUT2D eigenvalue weighted by atomic mass is 9.88. The van der Waals surface area contributed by atoms with Crippen LogP contribution in [-0.4, -0.2) is 0 Å². The molecule has 0 bridgehead atoms. The highest BCUT2D eigenvalue weighted by Gasteiger charge is 2.23. The molecule has 0 radical (unpaired) electrons. The first-order valence-corrected chi connectivity index (χ1v) is 38.6. The Labute approximate surface area is 648 Å². The van der Waals surface area contributed by atoms with E-state index in [0.717, 1.165) is 46.8 Å². The average Bonchev–Trinajstić information content (AvgIpc) is 0.790. The van der Waals surface area contributed by atoms with Crippen LogP contribution in [0.2, 0.25) is 0 Å². The summed E-state index contributed by atoms with van der Waals surface area (Å²) in [6, 6.07) is 117. The normalized spacial score (nSPS) is 11.8. The van der Waals surface area contributed by atoms with Crippen LogP contribution in [0.4, 0.5) is 85.3 Å². The molecule has 0 spiro atoms. The molecular weight excluding hydrogens is 1320 g/mol. The van der Waals surface area contributed by atoms with E-state index in [2.05, 4.69) is 415 Å². The molecule has 0 atom stereocenters. The third kappa shape index (κ3) is 17.7. The van der Waals surface area contributed by atoms with Crippen LogP contribution in [0.3, 0.4) is 0 Å². The number of benzene rings is 14. The molecule has 540 valence electrons. The lowest BCUT2D eigenvalue weighted by Gasteiger charge is -2.30. The van der Waals surface area contributed by atoms with Crippen molar-refractivity contribution >= 4 is 91.4 Å². The molecule has 0 amide bonds. The average molecular weight is 1420 g/mol. The van der Waals surface area contributed by atoms with Gasteiger partial charge in [0.15, 0.2) is 0 Å². The van der Waals surface area contributed by atoms with E-state index in [-0.39, 0.29) is 0 Å². The standard InChI is InChI=1S/C36H32N2.C24H25N.2C22H21N/c1-25-3-13-31(14-4-25)37(35-17-11-27-7-9-29(27)23-35)33-19-21-34(22-20-33)38(32-15-5-26(2)6-16-32)36-18-12-28-8-10-30(28)24-36;1-4-5-6-21-11-17-24(18-12-21)25(22-13-7-19(2)8-14-22)23-15-9-20(3)10-16-23;1-16-3-10-20(11-4-16)23(21-12-5-17(2)6-13-21)22-14-9-18-7-8-19(18)15-22;1-4-19-9-15-22(16-10-19)23(20-11-5-17(2)6-12-20)21-13-7-18(3)8-14-21/h3-6,11-24H,7-10H2,1-2H3;4,7-18H,1,5-6H2,2-3H3;3-6,9-15H,7-8H2,1-2H3;4-16H,1H2,2-3H3. The summed E-state index contributed by atoms with van der Waals surface area (Å²) in [6.45, 7) is 24.6. The second-order valence-corrected chi connectivity index (χ2v) is 29.5. The van der Waals surface area contributed by atoms with Crippen LogP contribution in [0.15, 0.2) is 341 Å². The highest BCUT2D eigenvalue weighted by atomic mass is 15.2. The fourth-order valence-electron chi connectivity index (χ4n) is 14.3. The summed E-state index contributed by atoms with van der Waals surface area (Å²) in [5, 5.41) is 0. The van der Waals surface area contributed by atoms with Gasteiger partial charge in [-0.3, -0.25) is 0 Å². The fourth-order valence-corrected chi connectivity index (χ4v) is 14.3. The van der Waals surface area contributed by atoms with Gasteiger partial charge >= 0.3 is 0 Å². The molecule has 0 aliphatic heterocycles. The van der Waals surface area contributed by atoms with Crippen LogP contribution < -0.4 is 24.5 Å². The maximum atomic E-state index is 3.83. The minimum Gasteiger partial charge on any atom is -0.311 e. The third-order valence-electron chi connectivity index (χ3n) is 21.3. The van der Waals surface area contributed by atoms with Gasteiger partial charge in [-0.2, -0.15) is 0 Å². The molecule has 0 unspecified atom stereocenters. The Morgan fingerprint density at radius 2 is 0.385 bits per heavy atom. The zero-order chi connectivity index (χ0) is 75.3. The van der Waals surface area contributed by atoms with Crippen molar-refractivity contribution in [3.63, 3.8) is 0 Å². The van der Waals surface area contributed by atoms with E-state index in [4.69, 9.17) is 0 Å². The monoisotopic (exact) mass is 1420 g/mol. The summed E-state index contributed by atoms with van der Waals surface area (Å²) in [7, 11) is 0. The lowest BCUT2D eigenvalue weighted by Crippen LogP contribution is -2.15. The zero-order valence-electron chi connectivity index (χ0n) is 64.6. The Balaban J connectivity index is 0.000000125. The second-order valence-electron chi connectivity index (χ2n) is 29.5. The number of fused-ring (bicyclic) bond motifs is 3. The van der Waals surface area contributed by atoms with Crippen molar-refractivity contribution < 1.29 is 0 Å². The smallest absolute Gasteiger partial charge is 0.0464 e. The van der Waals surface area contributed by atoms with Crippen LogP contribution in [0, 0.1) is 55.4 Å². The van der Waals surface area contributed by atoms with Gasteiger partial charge in [-0.1, -0.05) is 203 Å². The van der Waals surface area contributed by atoms with Crippen molar-refractivity contribution in [2.45, 2.75) is 107 Å². The molecule has 14 aromatic rings. The van der Waals surface area contributed by atoms with Crippen molar-refractivity contribution in [2.24, 2.45) is 0 Å². The number of nitrogens with zero attached hydrogens (tertiary/aromatic N) is 5. The summed E-state index contributed by atoms with van der Waals surface area (Å²) < 4.78 is 0. The van der Waals surface area contributed by atoms with E-state index in [1.54, 1.807) is 0 Å². The largest absolute Gasteiger partial charge is 0.311 e. The van der Waals surface area contributed by atoms with Crippen molar-refractivity contribution in [2.75, 3.05) is 24.5 Å². The quantitative estimate of drug-likeness (QED) is 0.0748. The fraction of sp³-hybridized carbons (Fsp3) is 0.154. The molecule has 5 heteroatoms. The Hall–Kier alpha value is -12.4. The zero-order valence-corrected chi connectivity index (χ0v) is 64.6. The van der Waals surface area contributed by atoms with E-state index in [9.17, 15) is 0 Å². The minimum absolute atomic E-state index is 1.01. The summed E-state index contributed by atoms with van der Waals surface area (Å²) in [5.74, 6) is 0. The van der Waals surface area contributed by atoms with Gasteiger partial charge in [-0.25, -0.2) is 0 Å². The second kappa shape index (κ2) is 34.0. The van der Waals surface area contributed by atoms with Crippen LogP contribution in [0.25, 0.3) is 6.08 Å². The van der Waals surface area contributed by atoms with Crippen molar-refractivity contribution in [3.8, 4) is 0 Å². The molecule has 3 aliphatic rings. The van der Waals surface area contributed by atoms with E-state index in [1.807, 2.05) is 12.2 Å². The summed E-state index contributed by atoms with van der Waals surface area (Å²) in [5.41, 5.74) is 39.3. The molecular formula is C104H99N5. The first-order chi connectivity index (χ1) is 53.2. The van der Waals surface area contributed by atoms with Gasteiger partial charge in [0.1, 0.15) is 0 Å². The molecule has 0 heterocycles. The Morgan fingerprint density at radius 1 is 0.211 bits per heavy atom. The molecule has 0 saturated carbocycles. The van der Waals surface area contributed by atoms with Gasteiger partial charge in [0, 0.05) is 85.3 Å². The van der Waals surface area contributed by atoms with Gasteiger partial charge < -0.3 is 24.5 Å². The van der Waals surface area contributed by atoms with Crippen LogP contribution >= 0.6 is 0 Å². The maximum Gasteiger partial charge on any atom is 0.0464 e. The van der Waals surface area contributed by atoms with E-state index >= 15 is 0 Å². The number of hydrogen-bond donors (Lipinski definition) is 0. The van der Waals surface area contributed by atoms with E-state index in [0.29, 0.717) is 0 Å². The number of anilines is 15. The Morgan fingerprint density at radius 3 is 0.569 bits per heavy atom. The van der Waals surface area contributed by atoms with Gasteiger partial charge in [0.25, 0.3) is 0 Å². The third-order valence-corrected chi connectivity index (χ3v) is 21.3. The van der Waals surface area contributed by atoms with Crippen molar-refractivity contribution in [1.82, 2.24) is 0 Å². The highest BCUT2D eigenvalue weighted by Crippen LogP contribution is 2.44. The number of allylic oxidation sites excluding steroid dienone is 1. The summed E-state index contributed by atoms with van der Waals surface area (Å²) in [6.07, 6.45) is 13.1.